The van der Waals surface area contributed by atoms with Crippen molar-refractivity contribution < 1.29 is 14.3 Å². The number of carbonyl (C=O) groups is 2. The predicted molar refractivity (Wildman–Crippen MR) is 113 cm³/mol. The van der Waals surface area contributed by atoms with E-state index < -0.39 is 0 Å². The first kappa shape index (κ1) is 21.3. The highest BCUT2D eigenvalue weighted by Crippen LogP contribution is 2.24. The number of amides is 3. The van der Waals surface area contributed by atoms with Gasteiger partial charge in [-0.05, 0) is 47.7 Å². The molecule has 0 aliphatic carbocycles. The standard InChI is InChI=1S/C22H29N3O3/c1-16(26)24-18-7-5-8-19(15-18)25-21(27)23-13-6-14-28-20-11-9-17(10-12-20)22(2,3)4/h5,7-12,15H,6,13-14H2,1-4H3,(H,24,26)(H2,23,25,27). The van der Waals surface area contributed by atoms with Crippen molar-refractivity contribution in [1.82, 2.24) is 5.32 Å². The summed E-state index contributed by atoms with van der Waals surface area (Å²) in [6.45, 7) is 8.99. The van der Waals surface area contributed by atoms with Gasteiger partial charge in [0, 0.05) is 24.8 Å². The molecule has 0 aromatic heterocycles. The maximum atomic E-state index is 12.0. The van der Waals surface area contributed by atoms with E-state index in [1.807, 2.05) is 12.1 Å². The van der Waals surface area contributed by atoms with E-state index in [0.29, 0.717) is 30.9 Å². The lowest BCUT2D eigenvalue weighted by Gasteiger charge is -2.19. The van der Waals surface area contributed by atoms with E-state index in [1.54, 1.807) is 24.3 Å². The van der Waals surface area contributed by atoms with Crippen molar-refractivity contribution in [1.29, 1.82) is 0 Å². The molecule has 0 atom stereocenters. The third kappa shape index (κ3) is 7.31. The van der Waals surface area contributed by atoms with Crippen LogP contribution in [0.2, 0.25) is 0 Å². The molecule has 3 N–H and O–H groups in total. The Morgan fingerprint density at radius 2 is 1.61 bits per heavy atom. The second-order valence-corrected chi connectivity index (χ2v) is 7.62. The SMILES string of the molecule is CC(=O)Nc1cccc(NC(=O)NCCCOc2ccc(C(C)(C)C)cc2)c1. The summed E-state index contributed by atoms with van der Waals surface area (Å²) in [6.07, 6.45) is 0.695. The van der Waals surface area contributed by atoms with Gasteiger partial charge in [0.05, 0.1) is 6.61 Å². The predicted octanol–water partition coefficient (Wildman–Crippen LogP) is 4.53. The van der Waals surface area contributed by atoms with Crippen LogP contribution in [0.15, 0.2) is 48.5 Å². The van der Waals surface area contributed by atoms with Gasteiger partial charge >= 0.3 is 6.03 Å². The summed E-state index contributed by atoms with van der Waals surface area (Å²) in [5, 5.41) is 8.21. The third-order valence-electron chi connectivity index (χ3n) is 4.04. The molecule has 3 amide bonds. The number of anilines is 2. The van der Waals surface area contributed by atoms with Gasteiger partial charge in [0.15, 0.2) is 0 Å². The molecule has 0 saturated heterocycles. The molecule has 0 heterocycles. The van der Waals surface area contributed by atoms with Crippen molar-refractivity contribution >= 4 is 23.3 Å². The van der Waals surface area contributed by atoms with Gasteiger partial charge < -0.3 is 20.7 Å². The van der Waals surface area contributed by atoms with Crippen molar-refractivity contribution in [3.8, 4) is 5.75 Å². The Balaban J connectivity index is 1.68. The molecule has 0 bridgehead atoms. The summed E-state index contributed by atoms with van der Waals surface area (Å²) in [6, 6.07) is 14.8. The second kappa shape index (κ2) is 9.78. The number of nitrogens with one attached hydrogen (secondary N) is 3. The minimum absolute atomic E-state index is 0.122. The van der Waals surface area contributed by atoms with Crippen LogP contribution < -0.4 is 20.7 Å². The first-order valence-corrected chi connectivity index (χ1v) is 9.40. The van der Waals surface area contributed by atoms with E-state index in [9.17, 15) is 9.59 Å². The molecular weight excluding hydrogens is 354 g/mol. The average Bonchev–Trinajstić information content (AvgIpc) is 2.61. The number of hydrogen-bond donors (Lipinski definition) is 3. The van der Waals surface area contributed by atoms with Gasteiger partial charge in [-0.3, -0.25) is 4.79 Å². The Morgan fingerprint density at radius 1 is 0.964 bits per heavy atom. The zero-order valence-corrected chi connectivity index (χ0v) is 17.0. The summed E-state index contributed by atoms with van der Waals surface area (Å²) in [5.74, 6) is 0.668. The molecule has 2 rings (SSSR count). The lowest BCUT2D eigenvalue weighted by molar-refractivity contribution is -0.114. The molecule has 0 saturated carbocycles. The maximum Gasteiger partial charge on any atom is 0.319 e. The molecule has 6 heteroatoms. The molecule has 2 aromatic rings. The van der Waals surface area contributed by atoms with E-state index >= 15 is 0 Å². The number of benzene rings is 2. The third-order valence-corrected chi connectivity index (χ3v) is 4.04. The molecule has 0 radical (unpaired) electrons. The molecule has 0 aliphatic rings. The Hall–Kier alpha value is -3.02. The lowest BCUT2D eigenvalue weighted by atomic mass is 9.87. The van der Waals surface area contributed by atoms with Gasteiger partial charge in [0.1, 0.15) is 5.75 Å². The van der Waals surface area contributed by atoms with Crippen LogP contribution in [-0.4, -0.2) is 25.1 Å². The topological polar surface area (TPSA) is 79.5 Å². The van der Waals surface area contributed by atoms with E-state index in [2.05, 4.69) is 48.9 Å². The molecular formula is C22H29N3O3. The molecule has 0 unspecified atom stereocenters. The Kier molecular flexibility index (Phi) is 7.44. The summed E-state index contributed by atoms with van der Waals surface area (Å²) < 4.78 is 5.71. The Bertz CT molecular complexity index is 795. The maximum absolute atomic E-state index is 12.0. The van der Waals surface area contributed by atoms with Crippen molar-refractivity contribution in [3.63, 3.8) is 0 Å². The van der Waals surface area contributed by atoms with Gasteiger partial charge in [-0.1, -0.05) is 39.0 Å². The fourth-order valence-electron chi connectivity index (χ4n) is 2.57. The summed E-state index contributed by atoms with van der Waals surface area (Å²) in [7, 11) is 0. The fraction of sp³-hybridized carbons (Fsp3) is 0.364. The van der Waals surface area contributed by atoms with Gasteiger partial charge in [0.2, 0.25) is 5.91 Å². The van der Waals surface area contributed by atoms with Gasteiger partial charge in [-0.25, -0.2) is 4.79 Å². The van der Waals surface area contributed by atoms with Crippen molar-refractivity contribution in [2.75, 3.05) is 23.8 Å². The zero-order chi connectivity index (χ0) is 20.6. The van der Waals surface area contributed by atoms with E-state index in [0.717, 1.165) is 5.75 Å². The molecule has 0 aliphatic heterocycles. The van der Waals surface area contributed by atoms with Gasteiger partial charge in [-0.15, -0.1) is 0 Å². The normalized spacial score (nSPS) is 10.9. The summed E-state index contributed by atoms with van der Waals surface area (Å²) in [4.78, 5) is 23.1. The average molecular weight is 383 g/mol. The van der Waals surface area contributed by atoms with Crippen LogP contribution in [0, 0.1) is 0 Å². The molecule has 28 heavy (non-hydrogen) atoms. The monoisotopic (exact) mass is 383 g/mol. The highest BCUT2D eigenvalue weighted by molar-refractivity contribution is 5.92. The van der Waals surface area contributed by atoms with Crippen LogP contribution in [-0.2, 0) is 10.2 Å². The molecule has 2 aromatic carbocycles. The van der Waals surface area contributed by atoms with Crippen LogP contribution in [0.1, 0.15) is 39.7 Å². The molecule has 6 nitrogen and oxygen atoms in total. The molecule has 0 fully saturated rings. The quantitative estimate of drug-likeness (QED) is 0.615. The molecule has 0 spiro atoms. The minimum atomic E-state index is -0.297. The Labute approximate surface area is 166 Å². The van der Waals surface area contributed by atoms with Gasteiger partial charge in [-0.2, -0.15) is 0 Å². The first-order chi connectivity index (χ1) is 13.2. The smallest absolute Gasteiger partial charge is 0.319 e. The van der Waals surface area contributed by atoms with Crippen LogP contribution in [0.3, 0.4) is 0 Å². The zero-order valence-electron chi connectivity index (χ0n) is 17.0. The first-order valence-electron chi connectivity index (χ1n) is 9.40. The number of urea groups is 1. The van der Waals surface area contributed by atoms with Crippen LogP contribution in [0.4, 0.5) is 16.2 Å². The second-order valence-electron chi connectivity index (χ2n) is 7.62. The highest BCUT2D eigenvalue weighted by atomic mass is 16.5. The van der Waals surface area contributed by atoms with E-state index in [4.69, 9.17) is 4.74 Å². The van der Waals surface area contributed by atoms with Crippen LogP contribution in [0.25, 0.3) is 0 Å². The summed E-state index contributed by atoms with van der Waals surface area (Å²) in [5.41, 5.74) is 2.63. The van der Waals surface area contributed by atoms with E-state index in [1.165, 1.54) is 12.5 Å². The lowest BCUT2D eigenvalue weighted by Crippen LogP contribution is -2.30. The van der Waals surface area contributed by atoms with Crippen molar-refractivity contribution in [2.45, 2.75) is 39.5 Å². The number of hydrogen-bond acceptors (Lipinski definition) is 3. The highest BCUT2D eigenvalue weighted by Gasteiger charge is 2.12. The number of rotatable bonds is 7. The van der Waals surface area contributed by atoms with Crippen molar-refractivity contribution in [2.24, 2.45) is 0 Å². The number of carbonyl (C=O) groups excluding carboxylic acids is 2. The minimum Gasteiger partial charge on any atom is -0.494 e. The summed E-state index contributed by atoms with van der Waals surface area (Å²) >= 11 is 0. The number of ether oxygens (including phenoxy) is 1. The van der Waals surface area contributed by atoms with E-state index in [-0.39, 0.29) is 17.4 Å². The van der Waals surface area contributed by atoms with Gasteiger partial charge in [0.25, 0.3) is 0 Å². The molecule has 150 valence electrons. The van der Waals surface area contributed by atoms with Crippen LogP contribution in [0.5, 0.6) is 5.75 Å². The Morgan fingerprint density at radius 3 is 2.21 bits per heavy atom. The van der Waals surface area contributed by atoms with Crippen LogP contribution >= 0.6 is 0 Å². The fourth-order valence-corrected chi connectivity index (χ4v) is 2.57. The largest absolute Gasteiger partial charge is 0.494 e. The van der Waals surface area contributed by atoms with Crippen molar-refractivity contribution in [3.05, 3.63) is 54.1 Å².